The normalized spacial score (nSPS) is 20.1. The van der Waals surface area contributed by atoms with Crippen LogP contribution in [0.3, 0.4) is 0 Å². The first-order valence-corrected chi connectivity index (χ1v) is 10.6. The van der Waals surface area contributed by atoms with Crippen LogP contribution in [0, 0.1) is 5.92 Å². The van der Waals surface area contributed by atoms with Gasteiger partial charge in [0.15, 0.2) is 0 Å². The summed E-state index contributed by atoms with van der Waals surface area (Å²) in [7, 11) is 1.52. The number of methoxy groups -OCH3 is 1. The zero-order valence-corrected chi connectivity index (χ0v) is 18.2. The van der Waals surface area contributed by atoms with E-state index in [1.807, 2.05) is 54.6 Å². The lowest BCUT2D eigenvalue weighted by Gasteiger charge is -2.22. The zero-order chi connectivity index (χ0) is 21.5. The summed E-state index contributed by atoms with van der Waals surface area (Å²) >= 11 is 3.44. The molecule has 2 amide bonds. The molecule has 2 aliphatic heterocycles. The minimum Gasteiger partial charge on any atom is -0.495 e. The molecule has 0 bridgehead atoms. The van der Waals surface area contributed by atoms with Crippen LogP contribution in [0.1, 0.15) is 5.56 Å². The first kappa shape index (κ1) is 19.5. The SMILES string of the molecule is COc1ccccc1N1C(=O)[C@H]2C(c3ccc(Br)cc3)=NN(c3ccccc3)[C@@H]2C1=O. The van der Waals surface area contributed by atoms with Crippen LogP contribution in [0.25, 0.3) is 0 Å². The number of carbonyl (C=O) groups is 2. The Kier molecular flexibility index (Phi) is 4.82. The number of carbonyl (C=O) groups excluding carboxylic acids is 2. The van der Waals surface area contributed by atoms with Gasteiger partial charge in [0, 0.05) is 4.47 Å². The fraction of sp³-hybridized carbons (Fsp3) is 0.125. The largest absolute Gasteiger partial charge is 0.495 e. The lowest BCUT2D eigenvalue weighted by Crippen LogP contribution is -2.39. The quantitative estimate of drug-likeness (QED) is 0.529. The maximum absolute atomic E-state index is 13.6. The summed E-state index contributed by atoms with van der Waals surface area (Å²) in [6, 6.07) is 23.3. The van der Waals surface area contributed by atoms with E-state index in [-0.39, 0.29) is 11.8 Å². The molecule has 0 radical (unpaired) electrons. The van der Waals surface area contributed by atoms with E-state index < -0.39 is 12.0 Å². The second-order valence-corrected chi connectivity index (χ2v) is 8.19. The van der Waals surface area contributed by atoms with Gasteiger partial charge in [-0.05, 0) is 42.0 Å². The fourth-order valence-electron chi connectivity index (χ4n) is 4.12. The number of hydrogen-bond acceptors (Lipinski definition) is 5. The highest BCUT2D eigenvalue weighted by Crippen LogP contribution is 2.41. The number of fused-ring (bicyclic) bond motifs is 1. The molecule has 31 heavy (non-hydrogen) atoms. The summed E-state index contributed by atoms with van der Waals surface area (Å²) in [5.74, 6) is -0.866. The Morgan fingerprint density at radius 2 is 1.55 bits per heavy atom. The highest BCUT2D eigenvalue weighted by Gasteiger charge is 2.57. The van der Waals surface area contributed by atoms with E-state index in [2.05, 4.69) is 15.9 Å². The Labute approximate surface area is 187 Å². The number of ether oxygens (including phenoxy) is 1. The average Bonchev–Trinajstić information content (AvgIpc) is 3.32. The van der Waals surface area contributed by atoms with Crippen molar-refractivity contribution in [3.63, 3.8) is 0 Å². The lowest BCUT2D eigenvalue weighted by molar-refractivity contribution is -0.121. The van der Waals surface area contributed by atoms with Crippen LogP contribution in [0.4, 0.5) is 11.4 Å². The van der Waals surface area contributed by atoms with Crippen molar-refractivity contribution in [2.75, 3.05) is 17.0 Å². The summed E-state index contributed by atoms with van der Waals surface area (Å²) in [6.45, 7) is 0. The van der Waals surface area contributed by atoms with Crippen molar-refractivity contribution in [3.8, 4) is 5.75 Å². The smallest absolute Gasteiger partial charge is 0.260 e. The van der Waals surface area contributed by atoms with Crippen LogP contribution in [0.5, 0.6) is 5.75 Å². The average molecular weight is 476 g/mol. The van der Waals surface area contributed by atoms with Crippen LogP contribution >= 0.6 is 15.9 Å². The molecule has 2 aliphatic rings. The topological polar surface area (TPSA) is 62.2 Å². The molecule has 0 saturated carbocycles. The Hall–Kier alpha value is -3.45. The monoisotopic (exact) mass is 475 g/mol. The molecular weight excluding hydrogens is 458 g/mol. The second-order valence-electron chi connectivity index (χ2n) is 7.28. The number of benzene rings is 3. The molecule has 3 aromatic carbocycles. The summed E-state index contributed by atoms with van der Waals surface area (Å²) < 4.78 is 6.34. The van der Waals surface area contributed by atoms with Crippen molar-refractivity contribution in [1.82, 2.24) is 0 Å². The van der Waals surface area contributed by atoms with Crippen molar-refractivity contribution in [2.24, 2.45) is 11.0 Å². The van der Waals surface area contributed by atoms with E-state index in [9.17, 15) is 9.59 Å². The number of hydrogen-bond donors (Lipinski definition) is 0. The third-order valence-corrected chi connectivity index (χ3v) is 6.06. The number of para-hydroxylation sites is 3. The van der Waals surface area contributed by atoms with Gasteiger partial charge in [0.2, 0.25) is 5.91 Å². The van der Waals surface area contributed by atoms with Gasteiger partial charge in [-0.15, -0.1) is 0 Å². The van der Waals surface area contributed by atoms with E-state index in [1.165, 1.54) is 12.0 Å². The van der Waals surface area contributed by atoms with Crippen LogP contribution < -0.4 is 14.6 Å². The van der Waals surface area contributed by atoms with E-state index in [1.54, 1.807) is 29.3 Å². The van der Waals surface area contributed by atoms with Crippen molar-refractivity contribution < 1.29 is 14.3 Å². The summed E-state index contributed by atoms with van der Waals surface area (Å²) in [4.78, 5) is 28.5. The predicted molar refractivity (Wildman–Crippen MR) is 122 cm³/mol. The summed E-state index contributed by atoms with van der Waals surface area (Å²) in [5.41, 5.74) is 2.59. The van der Waals surface area contributed by atoms with Gasteiger partial charge in [0.1, 0.15) is 17.7 Å². The van der Waals surface area contributed by atoms with Gasteiger partial charge < -0.3 is 4.74 Å². The van der Waals surface area contributed by atoms with Gasteiger partial charge in [0.25, 0.3) is 5.91 Å². The van der Waals surface area contributed by atoms with Gasteiger partial charge in [-0.1, -0.05) is 58.4 Å². The molecule has 154 valence electrons. The molecule has 7 heteroatoms. The minimum atomic E-state index is -0.751. The molecule has 2 heterocycles. The minimum absolute atomic E-state index is 0.306. The highest BCUT2D eigenvalue weighted by molar-refractivity contribution is 9.10. The number of nitrogens with zero attached hydrogens (tertiary/aromatic N) is 3. The van der Waals surface area contributed by atoms with Crippen molar-refractivity contribution in [2.45, 2.75) is 6.04 Å². The van der Waals surface area contributed by atoms with Crippen molar-refractivity contribution >= 4 is 44.8 Å². The number of rotatable bonds is 4. The Balaban J connectivity index is 1.65. The first-order chi connectivity index (χ1) is 15.1. The summed E-state index contributed by atoms with van der Waals surface area (Å²) in [6.07, 6.45) is 0. The molecule has 0 aromatic heterocycles. The molecule has 0 unspecified atom stereocenters. The van der Waals surface area contributed by atoms with E-state index >= 15 is 0 Å². The third kappa shape index (κ3) is 3.13. The molecular formula is C24H18BrN3O3. The van der Waals surface area contributed by atoms with Gasteiger partial charge in [-0.25, -0.2) is 4.90 Å². The Morgan fingerprint density at radius 1 is 0.871 bits per heavy atom. The second kappa shape index (κ2) is 7.67. The predicted octanol–water partition coefficient (Wildman–Crippen LogP) is 4.24. The molecule has 0 spiro atoms. The molecule has 3 aromatic rings. The molecule has 0 N–H and O–H groups in total. The zero-order valence-electron chi connectivity index (χ0n) is 16.6. The maximum Gasteiger partial charge on any atom is 0.260 e. The lowest BCUT2D eigenvalue weighted by atomic mass is 9.93. The molecule has 1 saturated heterocycles. The van der Waals surface area contributed by atoms with E-state index in [0.29, 0.717) is 17.1 Å². The van der Waals surface area contributed by atoms with Crippen LogP contribution in [-0.4, -0.2) is 30.7 Å². The molecule has 1 fully saturated rings. The Morgan fingerprint density at radius 3 is 2.26 bits per heavy atom. The van der Waals surface area contributed by atoms with Crippen LogP contribution in [0.15, 0.2) is 88.4 Å². The first-order valence-electron chi connectivity index (χ1n) is 9.79. The fourth-order valence-corrected chi connectivity index (χ4v) is 4.38. The van der Waals surface area contributed by atoms with E-state index in [0.717, 1.165) is 15.7 Å². The number of amides is 2. The third-order valence-electron chi connectivity index (χ3n) is 5.54. The number of imide groups is 1. The van der Waals surface area contributed by atoms with Gasteiger partial charge in [-0.3, -0.25) is 14.6 Å². The van der Waals surface area contributed by atoms with Gasteiger partial charge in [-0.2, -0.15) is 5.10 Å². The van der Waals surface area contributed by atoms with E-state index in [4.69, 9.17) is 9.84 Å². The van der Waals surface area contributed by atoms with Crippen molar-refractivity contribution in [3.05, 3.63) is 88.9 Å². The molecule has 5 rings (SSSR count). The van der Waals surface area contributed by atoms with Gasteiger partial charge in [0.05, 0.1) is 24.2 Å². The number of hydrazone groups is 1. The van der Waals surface area contributed by atoms with Crippen LogP contribution in [0.2, 0.25) is 0 Å². The molecule has 0 aliphatic carbocycles. The number of halogens is 1. The highest BCUT2D eigenvalue weighted by atomic mass is 79.9. The van der Waals surface area contributed by atoms with Crippen molar-refractivity contribution in [1.29, 1.82) is 0 Å². The molecule has 2 atom stereocenters. The standard InChI is InChI=1S/C24H18BrN3O3/c1-31-19-10-6-5-9-18(19)27-23(29)20-21(15-11-13-16(25)14-12-15)26-28(22(20)24(27)30)17-7-3-2-4-8-17/h2-14,20,22H,1H3/t20-,22-/m0/s1. The Bertz CT molecular complexity index is 1190. The maximum atomic E-state index is 13.6. The number of anilines is 2. The molecule has 6 nitrogen and oxygen atoms in total. The van der Waals surface area contributed by atoms with Gasteiger partial charge >= 0.3 is 0 Å². The summed E-state index contributed by atoms with van der Waals surface area (Å²) in [5, 5.41) is 6.41. The van der Waals surface area contributed by atoms with Crippen LogP contribution in [-0.2, 0) is 9.59 Å².